The van der Waals surface area contributed by atoms with Crippen molar-refractivity contribution in [2.75, 3.05) is 0 Å². The SMILES string of the molecule is CCc1nnc(-c2cccc(F)c2)c(-c2ccccc2)c1-c1ccccn1. The summed E-state index contributed by atoms with van der Waals surface area (Å²) < 4.78 is 13.9. The van der Waals surface area contributed by atoms with Gasteiger partial charge in [0.1, 0.15) is 11.5 Å². The largest absolute Gasteiger partial charge is 0.256 e. The third-order valence-corrected chi connectivity index (χ3v) is 4.46. The van der Waals surface area contributed by atoms with Crippen molar-refractivity contribution in [3.63, 3.8) is 0 Å². The molecule has 2 aromatic carbocycles. The predicted molar refractivity (Wildman–Crippen MR) is 105 cm³/mol. The van der Waals surface area contributed by atoms with E-state index in [4.69, 9.17) is 0 Å². The van der Waals surface area contributed by atoms with Gasteiger partial charge in [0.15, 0.2) is 0 Å². The molecule has 0 bridgehead atoms. The third-order valence-electron chi connectivity index (χ3n) is 4.46. The molecule has 4 heteroatoms. The van der Waals surface area contributed by atoms with Gasteiger partial charge in [-0.15, -0.1) is 5.10 Å². The zero-order chi connectivity index (χ0) is 18.6. The molecule has 0 aliphatic rings. The molecule has 0 amide bonds. The number of hydrogen-bond donors (Lipinski definition) is 0. The summed E-state index contributed by atoms with van der Waals surface area (Å²) in [6, 6.07) is 22.3. The Labute approximate surface area is 157 Å². The van der Waals surface area contributed by atoms with Crippen LogP contribution >= 0.6 is 0 Å². The van der Waals surface area contributed by atoms with Crippen molar-refractivity contribution in [3.05, 3.63) is 90.5 Å². The van der Waals surface area contributed by atoms with Gasteiger partial charge in [-0.2, -0.15) is 5.10 Å². The lowest BCUT2D eigenvalue weighted by Gasteiger charge is -2.17. The summed E-state index contributed by atoms with van der Waals surface area (Å²) in [5.74, 6) is -0.299. The van der Waals surface area contributed by atoms with Gasteiger partial charge in [-0.3, -0.25) is 4.98 Å². The summed E-state index contributed by atoms with van der Waals surface area (Å²) >= 11 is 0. The van der Waals surface area contributed by atoms with Crippen molar-refractivity contribution in [1.82, 2.24) is 15.2 Å². The third kappa shape index (κ3) is 3.34. The summed E-state index contributed by atoms with van der Waals surface area (Å²) in [5.41, 5.74) is 5.92. The van der Waals surface area contributed by atoms with Crippen LogP contribution in [0, 0.1) is 5.82 Å². The molecule has 4 aromatic rings. The van der Waals surface area contributed by atoms with Crippen LogP contribution in [0.15, 0.2) is 79.0 Å². The second kappa shape index (κ2) is 7.46. The van der Waals surface area contributed by atoms with Crippen molar-refractivity contribution in [1.29, 1.82) is 0 Å². The van der Waals surface area contributed by atoms with E-state index in [0.717, 1.165) is 34.5 Å². The molecule has 0 atom stereocenters. The van der Waals surface area contributed by atoms with Gasteiger partial charge in [0.2, 0.25) is 0 Å². The molecule has 0 aliphatic carbocycles. The average molecular weight is 355 g/mol. The number of rotatable bonds is 4. The number of aryl methyl sites for hydroxylation is 1. The van der Waals surface area contributed by atoms with E-state index in [0.29, 0.717) is 11.3 Å². The Kier molecular flexibility index (Phi) is 4.71. The highest BCUT2D eigenvalue weighted by Crippen LogP contribution is 2.39. The molecule has 0 unspecified atom stereocenters. The van der Waals surface area contributed by atoms with Gasteiger partial charge in [-0.1, -0.05) is 55.5 Å². The van der Waals surface area contributed by atoms with Crippen LogP contribution in [-0.2, 0) is 6.42 Å². The fourth-order valence-electron chi connectivity index (χ4n) is 3.23. The first-order valence-electron chi connectivity index (χ1n) is 8.90. The summed E-state index contributed by atoms with van der Waals surface area (Å²) in [4.78, 5) is 4.55. The smallest absolute Gasteiger partial charge is 0.123 e. The lowest BCUT2D eigenvalue weighted by atomic mass is 9.91. The van der Waals surface area contributed by atoms with E-state index >= 15 is 0 Å². The first-order valence-corrected chi connectivity index (χ1v) is 8.90. The molecule has 0 N–H and O–H groups in total. The van der Waals surface area contributed by atoms with Gasteiger partial charge >= 0.3 is 0 Å². The van der Waals surface area contributed by atoms with Crippen LogP contribution in [0.5, 0.6) is 0 Å². The van der Waals surface area contributed by atoms with Crippen LogP contribution in [0.3, 0.4) is 0 Å². The molecule has 2 aromatic heterocycles. The maximum absolute atomic E-state index is 13.9. The van der Waals surface area contributed by atoms with E-state index in [9.17, 15) is 4.39 Å². The number of pyridine rings is 1. The standard InChI is InChI=1S/C23H18FN3/c1-2-19-22(20-13-6-7-14-25-20)21(16-9-4-3-5-10-16)23(27-26-19)17-11-8-12-18(24)15-17/h3-15H,2H2,1H3. The van der Waals surface area contributed by atoms with Crippen LogP contribution < -0.4 is 0 Å². The highest BCUT2D eigenvalue weighted by Gasteiger charge is 2.20. The molecule has 0 radical (unpaired) electrons. The molecule has 0 saturated heterocycles. The maximum atomic E-state index is 13.9. The Balaban J connectivity index is 2.09. The van der Waals surface area contributed by atoms with E-state index in [2.05, 4.69) is 15.2 Å². The normalized spacial score (nSPS) is 10.7. The van der Waals surface area contributed by atoms with Gasteiger partial charge in [0.05, 0.1) is 11.4 Å². The zero-order valence-electron chi connectivity index (χ0n) is 14.9. The Morgan fingerprint density at radius 1 is 0.778 bits per heavy atom. The summed E-state index contributed by atoms with van der Waals surface area (Å²) in [6.07, 6.45) is 2.49. The Morgan fingerprint density at radius 3 is 2.26 bits per heavy atom. The number of halogens is 1. The number of benzene rings is 2. The zero-order valence-corrected chi connectivity index (χ0v) is 14.9. The van der Waals surface area contributed by atoms with E-state index in [1.54, 1.807) is 12.3 Å². The Hall–Kier alpha value is -3.40. The summed E-state index contributed by atoms with van der Waals surface area (Å²) in [6.45, 7) is 2.05. The van der Waals surface area contributed by atoms with Gasteiger partial charge in [-0.05, 0) is 36.2 Å². The van der Waals surface area contributed by atoms with Crippen LogP contribution in [0.4, 0.5) is 4.39 Å². The van der Waals surface area contributed by atoms with Gasteiger partial charge in [0, 0.05) is 22.9 Å². The first-order chi connectivity index (χ1) is 13.3. The highest BCUT2D eigenvalue weighted by molar-refractivity contribution is 5.92. The monoisotopic (exact) mass is 355 g/mol. The van der Waals surface area contributed by atoms with E-state index in [-0.39, 0.29) is 5.82 Å². The topological polar surface area (TPSA) is 38.7 Å². The van der Waals surface area contributed by atoms with E-state index < -0.39 is 0 Å². The second-order valence-corrected chi connectivity index (χ2v) is 6.19. The molecule has 27 heavy (non-hydrogen) atoms. The second-order valence-electron chi connectivity index (χ2n) is 6.19. The molecule has 0 aliphatic heterocycles. The minimum atomic E-state index is -0.299. The minimum Gasteiger partial charge on any atom is -0.256 e. The van der Waals surface area contributed by atoms with Crippen molar-refractivity contribution < 1.29 is 4.39 Å². The Bertz CT molecular complexity index is 1060. The average Bonchev–Trinajstić information content (AvgIpc) is 2.74. The van der Waals surface area contributed by atoms with Crippen LogP contribution in [-0.4, -0.2) is 15.2 Å². The number of aromatic nitrogens is 3. The fourth-order valence-corrected chi connectivity index (χ4v) is 3.23. The first kappa shape index (κ1) is 17.0. The highest BCUT2D eigenvalue weighted by atomic mass is 19.1. The van der Waals surface area contributed by atoms with Crippen molar-refractivity contribution in [2.24, 2.45) is 0 Å². The quantitative estimate of drug-likeness (QED) is 0.480. The molecule has 0 fully saturated rings. The lowest BCUT2D eigenvalue weighted by molar-refractivity contribution is 0.628. The lowest BCUT2D eigenvalue weighted by Crippen LogP contribution is -2.03. The van der Waals surface area contributed by atoms with Crippen molar-refractivity contribution in [2.45, 2.75) is 13.3 Å². The summed E-state index contributed by atoms with van der Waals surface area (Å²) in [7, 11) is 0. The minimum absolute atomic E-state index is 0.299. The van der Waals surface area contributed by atoms with Crippen LogP contribution in [0.25, 0.3) is 33.6 Å². The molecule has 132 valence electrons. The molecule has 0 saturated carbocycles. The van der Waals surface area contributed by atoms with Gasteiger partial charge < -0.3 is 0 Å². The van der Waals surface area contributed by atoms with Gasteiger partial charge in [0.25, 0.3) is 0 Å². The number of nitrogens with zero attached hydrogens (tertiary/aromatic N) is 3. The molecular weight excluding hydrogens is 337 g/mol. The van der Waals surface area contributed by atoms with Crippen LogP contribution in [0.1, 0.15) is 12.6 Å². The predicted octanol–water partition coefficient (Wildman–Crippen LogP) is 5.57. The van der Waals surface area contributed by atoms with E-state index in [1.165, 1.54) is 12.1 Å². The maximum Gasteiger partial charge on any atom is 0.123 e. The van der Waals surface area contributed by atoms with E-state index in [1.807, 2.05) is 61.5 Å². The molecule has 3 nitrogen and oxygen atoms in total. The summed E-state index contributed by atoms with van der Waals surface area (Å²) in [5, 5.41) is 8.93. The van der Waals surface area contributed by atoms with Crippen molar-refractivity contribution in [3.8, 4) is 33.6 Å². The number of hydrogen-bond acceptors (Lipinski definition) is 3. The molecular formula is C23H18FN3. The molecule has 4 rings (SSSR count). The van der Waals surface area contributed by atoms with Gasteiger partial charge in [-0.25, -0.2) is 4.39 Å². The Morgan fingerprint density at radius 2 is 1.56 bits per heavy atom. The fraction of sp³-hybridized carbons (Fsp3) is 0.0870. The molecule has 2 heterocycles. The van der Waals surface area contributed by atoms with Crippen LogP contribution in [0.2, 0.25) is 0 Å². The molecule has 0 spiro atoms. The van der Waals surface area contributed by atoms with Crippen molar-refractivity contribution >= 4 is 0 Å².